The Kier molecular flexibility index (Phi) is 7.10. The molecule has 0 aliphatic rings. The Morgan fingerprint density at radius 1 is 1.27 bits per heavy atom. The Bertz CT molecular complexity index is 209. The lowest BCUT2D eigenvalue weighted by molar-refractivity contribution is -0.141. The molecule has 2 atom stereocenters. The summed E-state index contributed by atoms with van der Waals surface area (Å²) in [4.78, 5) is 10.6. The quantitative estimate of drug-likeness (QED) is 0.620. The van der Waals surface area contributed by atoms with Crippen molar-refractivity contribution in [2.45, 2.75) is 52.9 Å². The number of carbonyl (C=O) groups is 1. The van der Waals surface area contributed by atoms with E-state index >= 15 is 0 Å². The first-order valence-electron chi connectivity index (χ1n) is 5.80. The van der Waals surface area contributed by atoms with Crippen LogP contribution in [-0.2, 0) is 4.79 Å². The van der Waals surface area contributed by atoms with E-state index in [0.717, 1.165) is 19.3 Å². The Hall–Kier alpha value is -0.790. The topological polar surface area (TPSA) is 37.3 Å². The third kappa shape index (κ3) is 8.22. The van der Waals surface area contributed by atoms with Crippen LogP contribution in [0.2, 0.25) is 0 Å². The first-order chi connectivity index (χ1) is 6.93. The summed E-state index contributed by atoms with van der Waals surface area (Å²) < 4.78 is 0. The minimum atomic E-state index is -0.677. The minimum absolute atomic E-state index is 0.200. The zero-order valence-corrected chi connectivity index (χ0v) is 10.3. The maximum atomic E-state index is 10.6. The Morgan fingerprint density at radius 3 is 2.33 bits per heavy atom. The van der Waals surface area contributed by atoms with Crippen LogP contribution in [0.15, 0.2) is 12.2 Å². The lowest BCUT2D eigenvalue weighted by atomic mass is 9.93. The van der Waals surface area contributed by atoms with Crippen LogP contribution in [0.25, 0.3) is 0 Å². The van der Waals surface area contributed by atoms with Crippen molar-refractivity contribution in [1.29, 1.82) is 0 Å². The van der Waals surface area contributed by atoms with E-state index < -0.39 is 5.97 Å². The predicted molar refractivity (Wildman–Crippen MR) is 63.9 cm³/mol. The van der Waals surface area contributed by atoms with Gasteiger partial charge in [0.05, 0.1) is 5.92 Å². The van der Waals surface area contributed by atoms with E-state index in [2.05, 4.69) is 20.4 Å². The monoisotopic (exact) mass is 212 g/mol. The SMILES string of the molecule is C=C(C)CCCC(C)CCC(C)C(=O)O. The van der Waals surface area contributed by atoms with Crippen LogP contribution in [0, 0.1) is 11.8 Å². The van der Waals surface area contributed by atoms with Gasteiger partial charge < -0.3 is 5.11 Å². The normalized spacial score (nSPS) is 14.6. The molecular weight excluding hydrogens is 188 g/mol. The summed E-state index contributed by atoms with van der Waals surface area (Å²) in [7, 11) is 0. The minimum Gasteiger partial charge on any atom is -0.481 e. The molecule has 0 rings (SSSR count). The van der Waals surface area contributed by atoms with E-state index in [4.69, 9.17) is 5.11 Å². The maximum Gasteiger partial charge on any atom is 0.306 e. The van der Waals surface area contributed by atoms with Gasteiger partial charge in [-0.05, 0) is 38.5 Å². The molecule has 0 aliphatic carbocycles. The third-order valence-electron chi connectivity index (χ3n) is 2.81. The highest BCUT2D eigenvalue weighted by molar-refractivity contribution is 5.69. The average molecular weight is 212 g/mol. The summed E-state index contributed by atoms with van der Waals surface area (Å²) >= 11 is 0. The van der Waals surface area contributed by atoms with Gasteiger partial charge in [-0.15, -0.1) is 6.58 Å². The fourth-order valence-corrected chi connectivity index (χ4v) is 1.55. The van der Waals surface area contributed by atoms with Gasteiger partial charge in [0.2, 0.25) is 0 Å². The van der Waals surface area contributed by atoms with Gasteiger partial charge in [0.1, 0.15) is 0 Å². The van der Waals surface area contributed by atoms with Gasteiger partial charge in [0, 0.05) is 0 Å². The third-order valence-corrected chi connectivity index (χ3v) is 2.81. The maximum absolute atomic E-state index is 10.6. The molecule has 2 nitrogen and oxygen atoms in total. The number of aliphatic carboxylic acids is 1. The Balaban J connectivity index is 3.52. The highest BCUT2D eigenvalue weighted by Gasteiger charge is 2.12. The Morgan fingerprint density at radius 2 is 1.87 bits per heavy atom. The smallest absolute Gasteiger partial charge is 0.306 e. The van der Waals surface area contributed by atoms with Gasteiger partial charge in [0.15, 0.2) is 0 Å². The molecule has 2 heteroatoms. The van der Waals surface area contributed by atoms with E-state index in [-0.39, 0.29) is 5.92 Å². The number of carboxylic acids is 1. The molecule has 0 heterocycles. The van der Waals surface area contributed by atoms with Crippen LogP contribution in [0.1, 0.15) is 52.9 Å². The van der Waals surface area contributed by atoms with E-state index in [9.17, 15) is 4.79 Å². The van der Waals surface area contributed by atoms with Crippen molar-refractivity contribution in [3.8, 4) is 0 Å². The molecule has 15 heavy (non-hydrogen) atoms. The first-order valence-corrected chi connectivity index (χ1v) is 5.80. The average Bonchev–Trinajstić information content (AvgIpc) is 2.13. The molecule has 0 fully saturated rings. The van der Waals surface area contributed by atoms with Crippen LogP contribution in [-0.4, -0.2) is 11.1 Å². The van der Waals surface area contributed by atoms with Crippen molar-refractivity contribution < 1.29 is 9.90 Å². The standard InChI is InChI=1S/C13H24O2/c1-10(2)6-5-7-11(3)8-9-12(4)13(14)15/h11-12H,1,5-9H2,2-4H3,(H,14,15). The first kappa shape index (κ1) is 14.2. The molecule has 0 saturated carbocycles. The van der Waals surface area contributed by atoms with Crippen LogP contribution < -0.4 is 0 Å². The summed E-state index contributed by atoms with van der Waals surface area (Å²) in [5.74, 6) is -0.246. The van der Waals surface area contributed by atoms with Crippen molar-refractivity contribution in [1.82, 2.24) is 0 Å². The molecule has 0 radical (unpaired) electrons. The van der Waals surface area contributed by atoms with E-state index in [0.29, 0.717) is 5.92 Å². The molecule has 1 N–H and O–H groups in total. The van der Waals surface area contributed by atoms with Crippen molar-refractivity contribution in [2.75, 3.05) is 0 Å². The zero-order chi connectivity index (χ0) is 11.8. The summed E-state index contributed by atoms with van der Waals surface area (Å²) in [5.41, 5.74) is 1.24. The van der Waals surface area contributed by atoms with Crippen molar-refractivity contribution in [3.05, 3.63) is 12.2 Å². The number of rotatable bonds is 8. The van der Waals surface area contributed by atoms with E-state index in [1.54, 1.807) is 6.92 Å². The molecule has 0 aliphatic heterocycles. The van der Waals surface area contributed by atoms with Gasteiger partial charge in [-0.1, -0.05) is 25.8 Å². The summed E-state index contributed by atoms with van der Waals surface area (Å²) in [6, 6.07) is 0. The summed E-state index contributed by atoms with van der Waals surface area (Å²) in [5, 5.41) is 8.73. The lowest BCUT2D eigenvalue weighted by Gasteiger charge is -2.12. The molecule has 2 unspecified atom stereocenters. The predicted octanol–water partition coefficient (Wildman–Crippen LogP) is 3.87. The number of carboxylic acid groups (broad SMARTS) is 1. The van der Waals surface area contributed by atoms with Crippen LogP contribution in [0.3, 0.4) is 0 Å². The molecule has 0 aromatic carbocycles. The highest BCUT2D eigenvalue weighted by atomic mass is 16.4. The largest absolute Gasteiger partial charge is 0.481 e. The molecular formula is C13H24O2. The molecule has 0 bridgehead atoms. The second kappa shape index (κ2) is 7.49. The molecule has 0 aromatic heterocycles. The number of hydrogen-bond acceptors (Lipinski definition) is 1. The van der Waals surface area contributed by atoms with E-state index in [1.165, 1.54) is 18.4 Å². The molecule has 0 aromatic rings. The Labute approximate surface area is 93.4 Å². The van der Waals surface area contributed by atoms with Crippen molar-refractivity contribution in [3.63, 3.8) is 0 Å². The lowest BCUT2D eigenvalue weighted by Crippen LogP contribution is -2.10. The molecule has 0 spiro atoms. The molecule has 0 amide bonds. The fourth-order valence-electron chi connectivity index (χ4n) is 1.55. The van der Waals surface area contributed by atoms with Crippen LogP contribution in [0.5, 0.6) is 0 Å². The second-order valence-corrected chi connectivity index (χ2v) is 4.77. The fraction of sp³-hybridized carbons (Fsp3) is 0.769. The zero-order valence-electron chi connectivity index (χ0n) is 10.3. The molecule has 88 valence electrons. The number of allylic oxidation sites excluding steroid dienone is 1. The molecule has 0 saturated heterocycles. The van der Waals surface area contributed by atoms with E-state index in [1.807, 2.05) is 0 Å². The second-order valence-electron chi connectivity index (χ2n) is 4.77. The van der Waals surface area contributed by atoms with Gasteiger partial charge >= 0.3 is 5.97 Å². The van der Waals surface area contributed by atoms with Crippen LogP contribution in [0.4, 0.5) is 0 Å². The van der Waals surface area contributed by atoms with Gasteiger partial charge in [-0.25, -0.2) is 0 Å². The van der Waals surface area contributed by atoms with Crippen molar-refractivity contribution >= 4 is 5.97 Å². The highest BCUT2D eigenvalue weighted by Crippen LogP contribution is 2.18. The van der Waals surface area contributed by atoms with Gasteiger partial charge in [-0.2, -0.15) is 0 Å². The van der Waals surface area contributed by atoms with Crippen molar-refractivity contribution in [2.24, 2.45) is 11.8 Å². The number of hydrogen-bond donors (Lipinski definition) is 1. The summed E-state index contributed by atoms with van der Waals surface area (Å²) in [6.45, 7) is 9.91. The van der Waals surface area contributed by atoms with Crippen LogP contribution >= 0.6 is 0 Å². The van der Waals surface area contributed by atoms with Gasteiger partial charge in [0.25, 0.3) is 0 Å². The van der Waals surface area contributed by atoms with Gasteiger partial charge in [-0.3, -0.25) is 4.79 Å². The summed E-state index contributed by atoms with van der Waals surface area (Å²) in [6.07, 6.45) is 5.27.